The molecule has 1 aliphatic rings. The zero-order valence-corrected chi connectivity index (χ0v) is 8.89. The molecule has 2 heteroatoms. The summed E-state index contributed by atoms with van der Waals surface area (Å²) in [5.74, 6) is 0. The Morgan fingerprint density at radius 3 is 2.00 bits per heavy atom. The van der Waals surface area contributed by atoms with Gasteiger partial charge in [-0.05, 0) is 20.3 Å². The van der Waals surface area contributed by atoms with Crippen molar-refractivity contribution in [2.24, 2.45) is 0 Å². The van der Waals surface area contributed by atoms with Crippen molar-refractivity contribution in [2.75, 3.05) is 26.2 Å². The average Bonchev–Trinajstić information content (AvgIpc) is 2.81. The van der Waals surface area contributed by atoms with Crippen LogP contribution in [0.3, 0.4) is 0 Å². The fraction of sp³-hybridized carbons (Fsp3) is 1.00. The number of ether oxygens (including phenoxy) is 1. The highest BCUT2D eigenvalue weighted by atomic mass is 16.6. The van der Waals surface area contributed by atoms with Crippen LogP contribution in [0.5, 0.6) is 0 Å². The summed E-state index contributed by atoms with van der Waals surface area (Å²) in [6, 6.07) is 0. The standard InChI is InChI=1S/C10H22NO/c1-5-8-11(6-2,7-3)10(4)9-12-10/h5-9H2,1-4H3/q+1. The van der Waals surface area contributed by atoms with Crippen LogP contribution in [-0.4, -0.2) is 36.4 Å². The smallest absolute Gasteiger partial charge is 0.224 e. The molecule has 0 aliphatic carbocycles. The summed E-state index contributed by atoms with van der Waals surface area (Å²) in [4.78, 5) is 0. The highest BCUT2D eigenvalue weighted by molar-refractivity contribution is 4.77. The van der Waals surface area contributed by atoms with E-state index in [4.69, 9.17) is 4.74 Å². The van der Waals surface area contributed by atoms with Crippen LogP contribution in [0.1, 0.15) is 34.1 Å². The third-order valence-electron chi connectivity index (χ3n) is 3.43. The van der Waals surface area contributed by atoms with Crippen LogP contribution in [-0.2, 0) is 4.74 Å². The number of rotatable bonds is 5. The van der Waals surface area contributed by atoms with E-state index in [0.717, 1.165) is 11.1 Å². The molecular formula is C10H22NO+. The number of nitrogens with zero attached hydrogens (tertiary/aromatic N) is 1. The van der Waals surface area contributed by atoms with E-state index in [1.54, 1.807) is 0 Å². The van der Waals surface area contributed by atoms with Crippen molar-refractivity contribution in [2.45, 2.75) is 39.8 Å². The number of epoxide rings is 1. The van der Waals surface area contributed by atoms with Crippen molar-refractivity contribution in [1.29, 1.82) is 0 Å². The molecule has 2 nitrogen and oxygen atoms in total. The van der Waals surface area contributed by atoms with E-state index in [1.807, 2.05) is 0 Å². The van der Waals surface area contributed by atoms with Gasteiger partial charge in [0, 0.05) is 6.92 Å². The zero-order valence-electron chi connectivity index (χ0n) is 8.89. The molecule has 12 heavy (non-hydrogen) atoms. The van der Waals surface area contributed by atoms with Crippen molar-refractivity contribution in [1.82, 2.24) is 0 Å². The second kappa shape index (κ2) is 3.35. The molecule has 0 amide bonds. The number of hydrogen-bond acceptors (Lipinski definition) is 1. The molecule has 0 aromatic heterocycles. The minimum absolute atomic E-state index is 0.152. The SMILES string of the molecule is CCC[N+](CC)(CC)C1(C)CO1. The highest BCUT2D eigenvalue weighted by Gasteiger charge is 2.56. The molecule has 1 heterocycles. The van der Waals surface area contributed by atoms with E-state index >= 15 is 0 Å². The number of likely N-dealkylation sites (N-methyl/N-ethyl adjacent to an activating group) is 1. The minimum atomic E-state index is 0.152. The Kier molecular flexibility index (Phi) is 2.79. The Morgan fingerprint density at radius 2 is 1.75 bits per heavy atom. The first-order valence-corrected chi connectivity index (χ1v) is 5.14. The van der Waals surface area contributed by atoms with Gasteiger partial charge in [0.15, 0.2) is 0 Å². The first-order chi connectivity index (χ1) is 5.64. The molecular weight excluding hydrogens is 150 g/mol. The maximum Gasteiger partial charge on any atom is 0.224 e. The van der Waals surface area contributed by atoms with Crippen LogP contribution in [0.25, 0.3) is 0 Å². The molecule has 1 fully saturated rings. The fourth-order valence-electron chi connectivity index (χ4n) is 2.25. The summed E-state index contributed by atoms with van der Waals surface area (Å²) in [6.07, 6.45) is 1.25. The van der Waals surface area contributed by atoms with Gasteiger partial charge in [-0.15, -0.1) is 0 Å². The van der Waals surface area contributed by atoms with Crippen LogP contribution in [0.4, 0.5) is 0 Å². The molecule has 1 aliphatic heterocycles. The Hall–Kier alpha value is -0.0800. The molecule has 1 saturated heterocycles. The summed E-state index contributed by atoms with van der Waals surface area (Å²) < 4.78 is 6.71. The molecule has 0 spiro atoms. The second-order valence-electron chi connectivity index (χ2n) is 3.96. The van der Waals surface area contributed by atoms with Gasteiger partial charge in [0.25, 0.3) is 0 Å². The van der Waals surface area contributed by atoms with E-state index < -0.39 is 0 Å². The molecule has 0 saturated carbocycles. The van der Waals surface area contributed by atoms with Gasteiger partial charge in [0.2, 0.25) is 5.72 Å². The van der Waals surface area contributed by atoms with Gasteiger partial charge in [0.1, 0.15) is 6.61 Å². The van der Waals surface area contributed by atoms with Gasteiger partial charge in [0.05, 0.1) is 19.6 Å². The van der Waals surface area contributed by atoms with Gasteiger partial charge in [-0.25, -0.2) is 0 Å². The molecule has 0 aromatic rings. The summed E-state index contributed by atoms with van der Waals surface area (Å²) in [5, 5.41) is 0. The maximum atomic E-state index is 5.57. The molecule has 1 rings (SSSR count). The van der Waals surface area contributed by atoms with Crippen molar-refractivity contribution in [3.05, 3.63) is 0 Å². The van der Waals surface area contributed by atoms with E-state index in [9.17, 15) is 0 Å². The Balaban J connectivity index is 2.69. The topological polar surface area (TPSA) is 12.5 Å². The van der Waals surface area contributed by atoms with E-state index in [2.05, 4.69) is 27.7 Å². The van der Waals surface area contributed by atoms with Gasteiger partial charge in [-0.3, -0.25) is 4.48 Å². The summed E-state index contributed by atoms with van der Waals surface area (Å²) in [7, 11) is 0. The van der Waals surface area contributed by atoms with Crippen LogP contribution >= 0.6 is 0 Å². The van der Waals surface area contributed by atoms with Crippen LogP contribution in [0.15, 0.2) is 0 Å². The third-order valence-corrected chi connectivity index (χ3v) is 3.43. The third kappa shape index (κ3) is 1.38. The van der Waals surface area contributed by atoms with E-state index in [-0.39, 0.29) is 5.72 Å². The van der Waals surface area contributed by atoms with Crippen molar-refractivity contribution in [3.63, 3.8) is 0 Å². The van der Waals surface area contributed by atoms with Crippen LogP contribution < -0.4 is 0 Å². The van der Waals surface area contributed by atoms with Gasteiger partial charge in [-0.2, -0.15) is 0 Å². The Morgan fingerprint density at radius 1 is 1.25 bits per heavy atom. The monoisotopic (exact) mass is 172 g/mol. The summed E-state index contributed by atoms with van der Waals surface area (Å²) >= 11 is 0. The van der Waals surface area contributed by atoms with Gasteiger partial charge >= 0.3 is 0 Å². The first kappa shape index (κ1) is 10.0. The zero-order chi connectivity index (χ0) is 9.24. The van der Waals surface area contributed by atoms with Crippen molar-refractivity contribution >= 4 is 0 Å². The average molecular weight is 172 g/mol. The lowest BCUT2D eigenvalue weighted by molar-refractivity contribution is -0.967. The van der Waals surface area contributed by atoms with Crippen molar-refractivity contribution < 1.29 is 9.22 Å². The first-order valence-electron chi connectivity index (χ1n) is 5.14. The molecule has 0 N–H and O–H groups in total. The highest BCUT2D eigenvalue weighted by Crippen LogP contribution is 2.37. The lowest BCUT2D eigenvalue weighted by atomic mass is 10.2. The maximum absolute atomic E-state index is 5.57. The summed E-state index contributed by atoms with van der Waals surface area (Å²) in [5.41, 5.74) is 0.152. The largest absolute Gasteiger partial charge is 0.316 e. The fourth-order valence-corrected chi connectivity index (χ4v) is 2.25. The van der Waals surface area contributed by atoms with Crippen LogP contribution in [0.2, 0.25) is 0 Å². The Bertz CT molecular complexity index is 148. The molecule has 0 aromatic carbocycles. The second-order valence-corrected chi connectivity index (χ2v) is 3.96. The predicted octanol–water partition coefficient (Wildman–Crippen LogP) is 2.00. The minimum Gasteiger partial charge on any atom is -0.316 e. The van der Waals surface area contributed by atoms with Gasteiger partial charge in [-0.1, -0.05) is 6.92 Å². The summed E-state index contributed by atoms with van der Waals surface area (Å²) in [6.45, 7) is 13.6. The van der Waals surface area contributed by atoms with Crippen molar-refractivity contribution in [3.8, 4) is 0 Å². The number of hydrogen-bond donors (Lipinski definition) is 0. The van der Waals surface area contributed by atoms with Gasteiger partial charge < -0.3 is 4.74 Å². The molecule has 0 radical (unpaired) electrons. The van der Waals surface area contributed by atoms with E-state index in [1.165, 1.54) is 26.1 Å². The predicted molar refractivity (Wildman–Crippen MR) is 50.9 cm³/mol. The number of quaternary nitrogens is 1. The Labute approximate surface area is 76.1 Å². The molecule has 1 unspecified atom stereocenters. The lowest BCUT2D eigenvalue weighted by Crippen LogP contribution is -2.57. The molecule has 1 atom stereocenters. The van der Waals surface area contributed by atoms with Crippen LogP contribution in [0, 0.1) is 0 Å². The lowest BCUT2D eigenvalue weighted by Gasteiger charge is -2.40. The molecule has 0 bridgehead atoms. The molecule has 72 valence electrons. The van der Waals surface area contributed by atoms with E-state index in [0.29, 0.717) is 0 Å². The quantitative estimate of drug-likeness (QED) is 0.456. The normalized spacial score (nSPS) is 29.0.